The first-order valence-electron chi connectivity index (χ1n) is 4.24. The Balaban J connectivity index is 2.91. The van der Waals surface area contributed by atoms with Crippen LogP contribution >= 0.6 is 11.6 Å². The number of benzene rings is 1. The molecule has 74 valence electrons. The van der Waals surface area contributed by atoms with Crippen LogP contribution in [0.25, 0.3) is 0 Å². The average Bonchev–Trinajstić information content (AvgIpc) is 2.18. The van der Waals surface area contributed by atoms with Crippen molar-refractivity contribution in [3.63, 3.8) is 0 Å². The lowest BCUT2D eigenvalue weighted by Gasteiger charge is -2.14. The van der Waals surface area contributed by atoms with Gasteiger partial charge in [-0.05, 0) is 6.07 Å². The fourth-order valence-electron chi connectivity index (χ4n) is 1.21. The van der Waals surface area contributed by atoms with E-state index in [1.165, 1.54) is 0 Å². The minimum Gasteiger partial charge on any atom is -0.459 e. The summed E-state index contributed by atoms with van der Waals surface area (Å²) in [5.74, 6) is 0. The molecule has 1 aromatic carbocycles. The predicted octanol–water partition coefficient (Wildman–Crippen LogP) is 3.13. The zero-order chi connectivity index (χ0) is 10.4. The van der Waals surface area contributed by atoms with E-state index in [-0.39, 0.29) is 6.10 Å². The largest absolute Gasteiger partial charge is 0.459 e. The molecule has 0 spiro atoms. The highest BCUT2D eigenvalue weighted by molar-refractivity contribution is 6.31. The monoisotopic (exact) mass is 210 g/mol. The topological polar surface area (TPSA) is 26.3 Å². The molecule has 0 aliphatic rings. The number of carbonyl (C=O) groups excluding carboxylic acids is 1. The third kappa shape index (κ3) is 2.60. The lowest BCUT2D eigenvalue weighted by atomic mass is 10.1. The Morgan fingerprint density at radius 2 is 2.21 bits per heavy atom. The van der Waals surface area contributed by atoms with Crippen LogP contribution in [0.4, 0.5) is 0 Å². The van der Waals surface area contributed by atoms with Crippen molar-refractivity contribution in [1.82, 2.24) is 0 Å². The van der Waals surface area contributed by atoms with Crippen molar-refractivity contribution in [3.05, 3.63) is 47.5 Å². The second-order valence-corrected chi connectivity index (χ2v) is 3.17. The van der Waals surface area contributed by atoms with Gasteiger partial charge in [0.15, 0.2) is 0 Å². The summed E-state index contributed by atoms with van der Waals surface area (Å²) in [4.78, 5) is 10.3. The molecule has 0 saturated carbocycles. The van der Waals surface area contributed by atoms with Gasteiger partial charge >= 0.3 is 0 Å². The van der Waals surface area contributed by atoms with Crippen molar-refractivity contribution < 1.29 is 9.53 Å². The molecule has 14 heavy (non-hydrogen) atoms. The van der Waals surface area contributed by atoms with Crippen LogP contribution in [0.3, 0.4) is 0 Å². The van der Waals surface area contributed by atoms with Crippen molar-refractivity contribution in [3.8, 4) is 0 Å². The molecule has 0 aromatic heterocycles. The molecular formula is C11H11ClO2. The zero-order valence-corrected chi connectivity index (χ0v) is 8.41. The summed E-state index contributed by atoms with van der Waals surface area (Å²) in [6, 6.07) is 7.28. The van der Waals surface area contributed by atoms with Gasteiger partial charge in [0.05, 0.1) is 0 Å². The average molecular weight is 211 g/mol. The first-order chi connectivity index (χ1) is 6.79. The van der Waals surface area contributed by atoms with Gasteiger partial charge in [-0.2, -0.15) is 0 Å². The lowest BCUT2D eigenvalue weighted by Crippen LogP contribution is -2.02. The summed E-state index contributed by atoms with van der Waals surface area (Å²) in [6.07, 6.45) is 1.92. The summed E-state index contributed by atoms with van der Waals surface area (Å²) >= 11 is 5.96. The summed E-state index contributed by atoms with van der Waals surface area (Å²) in [5.41, 5.74) is 0.807. The molecule has 0 fully saturated rings. The van der Waals surface area contributed by atoms with E-state index in [9.17, 15) is 4.79 Å². The summed E-state index contributed by atoms with van der Waals surface area (Å²) in [6.45, 7) is 4.03. The lowest BCUT2D eigenvalue weighted by molar-refractivity contribution is -0.133. The van der Waals surface area contributed by atoms with Crippen molar-refractivity contribution in [2.24, 2.45) is 0 Å². The van der Waals surface area contributed by atoms with Crippen LogP contribution in [0.2, 0.25) is 5.02 Å². The Labute approximate surface area is 88.1 Å². The van der Waals surface area contributed by atoms with Crippen molar-refractivity contribution in [2.75, 3.05) is 0 Å². The van der Waals surface area contributed by atoms with Crippen LogP contribution < -0.4 is 0 Å². The van der Waals surface area contributed by atoms with Crippen LogP contribution in [-0.2, 0) is 9.53 Å². The van der Waals surface area contributed by atoms with Crippen LogP contribution in [0.15, 0.2) is 36.9 Å². The molecule has 0 heterocycles. The van der Waals surface area contributed by atoms with Gasteiger partial charge in [-0.25, -0.2) is 0 Å². The Morgan fingerprint density at radius 3 is 2.79 bits per heavy atom. The SMILES string of the molecule is C=CCC(OC=O)c1ccccc1Cl. The summed E-state index contributed by atoms with van der Waals surface area (Å²) in [7, 11) is 0. The number of halogens is 1. The second-order valence-electron chi connectivity index (χ2n) is 2.77. The van der Waals surface area contributed by atoms with E-state index < -0.39 is 0 Å². The predicted molar refractivity (Wildman–Crippen MR) is 56.2 cm³/mol. The Hall–Kier alpha value is -1.28. The molecule has 0 bridgehead atoms. The highest BCUT2D eigenvalue weighted by Gasteiger charge is 2.13. The molecular weight excluding hydrogens is 200 g/mol. The van der Waals surface area contributed by atoms with E-state index in [4.69, 9.17) is 16.3 Å². The van der Waals surface area contributed by atoms with E-state index in [0.717, 1.165) is 5.56 Å². The highest BCUT2D eigenvalue weighted by Crippen LogP contribution is 2.27. The molecule has 1 atom stereocenters. The van der Waals surface area contributed by atoms with E-state index in [2.05, 4.69) is 6.58 Å². The maximum absolute atomic E-state index is 10.3. The van der Waals surface area contributed by atoms with Gasteiger partial charge in [0.1, 0.15) is 6.10 Å². The molecule has 0 aliphatic carbocycles. The normalized spacial score (nSPS) is 11.8. The van der Waals surface area contributed by atoms with Crippen LogP contribution in [0.1, 0.15) is 18.1 Å². The smallest absolute Gasteiger partial charge is 0.293 e. The van der Waals surface area contributed by atoms with Crippen LogP contribution in [0.5, 0.6) is 0 Å². The van der Waals surface area contributed by atoms with E-state index in [0.29, 0.717) is 17.9 Å². The van der Waals surface area contributed by atoms with Gasteiger partial charge in [0, 0.05) is 17.0 Å². The number of carbonyl (C=O) groups is 1. The summed E-state index contributed by atoms with van der Waals surface area (Å²) in [5, 5.41) is 0.598. The van der Waals surface area contributed by atoms with Crippen LogP contribution in [-0.4, -0.2) is 6.47 Å². The minimum atomic E-state index is -0.335. The molecule has 1 unspecified atom stereocenters. The van der Waals surface area contributed by atoms with Crippen LogP contribution in [0, 0.1) is 0 Å². The number of ether oxygens (including phenoxy) is 1. The van der Waals surface area contributed by atoms with Gasteiger partial charge in [0.2, 0.25) is 0 Å². The minimum absolute atomic E-state index is 0.335. The molecule has 0 N–H and O–H groups in total. The standard InChI is InChI=1S/C11H11ClO2/c1-2-5-11(14-8-13)9-6-3-4-7-10(9)12/h2-4,6-8,11H,1,5H2. The van der Waals surface area contributed by atoms with Gasteiger partial charge in [-0.3, -0.25) is 4.79 Å². The first-order valence-corrected chi connectivity index (χ1v) is 4.61. The molecule has 1 rings (SSSR count). The molecule has 0 amide bonds. The Morgan fingerprint density at radius 1 is 1.50 bits per heavy atom. The van der Waals surface area contributed by atoms with E-state index in [1.54, 1.807) is 12.1 Å². The third-order valence-corrected chi connectivity index (χ3v) is 2.20. The number of hydrogen-bond acceptors (Lipinski definition) is 2. The van der Waals surface area contributed by atoms with E-state index >= 15 is 0 Å². The second kappa shape index (κ2) is 5.45. The van der Waals surface area contributed by atoms with Gasteiger partial charge in [-0.15, -0.1) is 6.58 Å². The van der Waals surface area contributed by atoms with Gasteiger partial charge in [0.25, 0.3) is 6.47 Å². The number of rotatable bonds is 5. The number of hydrogen-bond donors (Lipinski definition) is 0. The first kappa shape index (κ1) is 10.8. The molecule has 2 nitrogen and oxygen atoms in total. The molecule has 0 radical (unpaired) electrons. The maximum atomic E-state index is 10.3. The van der Waals surface area contributed by atoms with Gasteiger partial charge < -0.3 is 4.74 Å². The van der Waals surface area contributed by atoms with Gasteiger partial charge in [-0.1, -0.05) is 35.9 Å². The van der Waals surface area contributed by atoms with Crippen molar-refractivity contribution in [1.29, 1.82) is 0 Å². The van der Waals surface area contributed by atoms with Crippen molar-refractivity contribution in [2.45, 2.75) is 12.5 Å². The maximum Gasteiger partial charge on any atom is 0.293 e. The van der Waals surface area contributed by atoms with E-state index in [1.807, 2.05) is 18.2 Å². The molecule has 3 heteroatoms. The fraction of sp³-hybridized carbons (Fsp3) is 0.182. The molecule has 0 saturated heterocycles. The highest BCUT2D eigenvalue weighted by atomic mass is 35.5. The summed E-state index contributed by atoms with van der Waals surface area (Å²) < 4.78 is 4.91. The Bertz CT molecular complexity index is 313. The zero-order valence-electron chi connectivity index (χ0n) is 7.65. The third-order valence-electron chi connectivity index (χ3n) is 1.85. The molecule has 0 aliphatic heterocycles. The quantitative estimate of drug-likeness (QED) is 0.551. The fourth-order valence-corrected chi connectivity index (χ4v) is 1.47. The van der Waals surface area contributed by atoms with Crippen molar-refractivity contribution >= 4 is 18.1 Å². The Kier molecular flexibility index (Phi) is 4.20. The molecule has 1 aromatic rings.